The molecule has 0 bridgehead atoms. The van der Waals surface area contributed by atoms with Crippen LogP contribution in [0.25, 0.3) is 0 Å². The minimum atomic E-state index is -3.34. The smallest absolute Gasteiger partial charge is 0.211 e. The molecule has 1 heterocycles. The largest absolute Gasteiger partial charge is 0.240 e. The van der Waals surface area contributed by atoms with Crippen molar-refractivity contribution in [3.8, 4) is 0 Å². The molecule has 0 saturated carbocycles. The summed E-state index contributed by atoms with van der Waals surface area (Å²) in [7, 11) is -3.34. The average molecular weight is 336 g/mol. The van der Waals surface area contributed by atoms with Crippen LogP contribution < -0.4 is 4.72 Å². The second-order valence-electron chi connectivity index (χ2n) is 4.04. The van der Waals surface area contributed by atoms with Gasteiger partial charge in [0, 0.05) is 11.0 Å². The maximum Gasteiger partial charge on any atom is 0.240 e. The molecule has 0 aliphatic carbocycles. The average Bonchev–Trinajstić information content (AvgIpc) is 2.80. The van der Waals surface area contributed by atoms with Crippen LogP contribution in [0.3, 0.4) is 0 Å². The molecule has 94 valence electrons. The molecule has 6 heteroatoms. The van der Waals surface area contributed by atoms with Gasteiger partial charge in [0.05, 0.1) is 4.90 Å². The predicted molar refractivity (Wildman–Crippen MR) is 74.8 cm³/mol. The zero-order valence-electron chi connectivity index (χ0n) is 9.23. The first-order valence-electron chi connectivity index (χ1n) is 5.41. The molecule has 1 aromatic carbocycles. The normalized spacial score (nSPS) is 20.6. The second-order valence-corrected chi connectivity index (χ2v) is 7.87. The van der Waals surface area contributed by atoms with Gasteiger partial charge in [0.1, 0.15) is 0 Å². The van der Waals surface area contributed by atoms with Crippen molar-refractivity contribution in [3.05, 3.63) is 28.7 Å². The van der Waals surface area contributed by atoms with E-state index in [-0.39, 0.29) is 0 Å². The number of hydrogen-bond donors (Lipinski definition) is 1. The summed E-state index contributed by atoms with van der Waals surface area (Å²) < 4.78 is 27.5. The van der Waals surface area contributed by atoms with Gasteiger partial charge in [0.15, 0.2) is 0 Å². The molecule has 1 unspecified atom stereocenters. The van der Waals surface area contributed by atoms with Gasteiger partial charge in [-0.1, -0.05) is 15.9 Å². The number of hydrogen-bond acceptors (Lipinski definition) is 3. The number of thioether (sulfide) groups is 1. The molecule has 0 aromatic heterocycles. The van der Waals surface area contributed by atoms with Crippen molar-refractivity contribution in [2.75, 3.05) is 18.1 Å². The lowest BCUT2D eigenvalue weighted by molar-refractivity contribution is 0.546. The van der Waals surface area contributed by atoms with Crippen molar-refractivity contribution in [2.24, 2.45) is 5.92 Å². The van der Waals surface area contributed by atoms with Gasteiger partial charge in [-0.25, -0.2) is 13.1 Å². The molecular formula is C11H14BrNO2S2. The summed E-state index contributed by atoms with van der Waals surface area (Å²) in [6.07, 6.45) is 1.10. The Labute approximate surface area is 115 Å². The molecule has 0 amide bonds. The lowest BCUT2D eigenvalue weighted by Crippen LogP contribution is -2.29. The maximum atomic E-state index is 12.0. The summed E-state index contributed by atoms with van der Waals surface area (Å²) in [6.45, 7) is 0.547. The van der Waals surface area contributed by atoms with E-state index in [1.807, 2.05) is 11.8 Å². The Morgan fingerprint density at radius 2 is 2.06 bits per heavy atom. The van der Waals surface area contributed by atoms with Gasteiger partial charge in [0.2, 0.25) is 10.0 Å². The number of nitrogens with one attached hydrogen (secondary N) is 1. The highest BCUT2D eigenvalue weighted by molar-refractivity contribution is 9.10. The zero-order valence-corrected chi connectivity index (χ0v) is 12.4. The van der Waals surface area contributed by atoms with Crippen molar-refractivity contribution in [1.82, 2.24) is 4.72 Å². The Morgan fingerprint density at radius 3 is 2.65 bits per heavy atom. The van der Waals surface area contributed by atoms with E-state index in [1.165, 1.54) is 0 Å². The van der Waals surface area contributed by atoms with E-state index in [9.17, 15) is 8.42 Å². The number of rotatable bonds is 4. The van der Waals surface area contributed by atoms with Gasteiger partial charge < -0.3 is 0 Å². The first kappa shape index (κ1) is 13.4. The summed E-state index contributed by atoms with van der Waals surface area (Å²) in [6, 6.07) is 6.69. The van der Waals surface area contributed by atoms with Gasteiger partial charge in [0.25, 0.3) is 0 Å². The van der Waals surface area contributed by atoms with Crippen LogP contribution in [0.4, 0.5) is 0 Å². The summed E-state index contributed by atoms with van der Waals surface area (Å²) in [5, 5.41) is 0. The summed E-state index contributed by atoms with van der Waals surface area (Å²) in [4.78, 5) is 0.325. The molecule has 3 nitrogen and oxygen atoms in total. The van der Waals surface area contributed by atoms with Crippen LogP contribution in [0.1, 0.15) is 6.42 Å². The second kappa shape index (κ2) is 5.73. The van der Waals surface area contributed by atoms with Gasteiger partial charge in [-0.15, -0.1) is 0 Å². The highest BCUT2D eigenvalue weighted by Crippen LogP contribution is 2.23. The first-order chi connectivity index (χ1) is 8.08. The molecule has 1 N–H and O–H groups in total. The topological polar surface area (TPSA) is 46.2 Å². The monoisotopic (exact) mass is 335 g/mol. The van der Waals surface area contributed by atoms with E-state index in [1.54, 1.807) is 24.3 Å². The lowest BCUT2D eigenvalue weighted by atomic mass is 10.1. The number of sulfonamides is 1. The van der Waals surface area contributed by atoms with Crippen LogP contribution in [0, 0.1) is 5.92 Å². The first-order valence-corrected chi connectivity index (χ1v) is 8.84. The molecule has 1 aliphatic heterocycles. The molecule has 1 aliphatic rings. The van der Waals surface area contributed by atoms with E-state index in [4.69, 9.17) is 0 Å². The highest BCUT2D eigenvalue weighted by atomic mass is 79.9. The Morgan fingerprint density at radius 1 is 1.35 bits per heavy atom. The minimum absolute atomic E-state index is 0.325. The van der Waals surface area contributed by atoms with Gasteiger partial charge in [-0.05, 0) is 48.1 Å². The van der Waals surface area contributed by atoms with Crippen LogP contribution in [0.2, 0.25) is 0 Å². The molecule has 2 rings (SSSR count). The van der Waals surface area contributed by atoms with Gasteiger partial charge in [-0.3, -0.25) is 0 Å². The third-order valence-electron chi connectivity index (χ3n) is 2.71. The fourth-order valence-corrected chi connectivity index (χ4v) is 4.33. The lowest BCUT2D eigenvalue weighted by Gasteiger charge is -2.10. The quantitative estimate of drug-likeness (QED) is 0.919. The fourth-order valence-electron chi connectivity index (χ4n) is 1.67. The summed E-state index contributed by atoms with van der Waals surface area (Å²) in [5.41, 5.74) is 0. The SMILES string of the molecule is O=S(=O)(NCC1CCSC1)c1ccc(Br)cc1. The van der Waals surface area contributed by atoms with Crippen LogP contribution in [0.15, 0.2) is 33.6 Å². The Hall–Kier alpha value is -0.0400. The molecule has 1 fully saturated rings. The van der Waals surface area contributed by atoms with Crippen molar-refractivity contribution >= 4 is 37.7 Å². The molecule has 0 radical (unpaired) electrons. The summed E-state index contributed by atoms with van der Waals surface area (Å²) in [5.74, 6) is 2.68. The van der Waals surface area contributed by atoms with Crippen molar-refractivity contribution < 1.29 is 8.42 Å². The Balaban J connectivity index is 2.00. The van der Waals surface area contributed by atoms with Gasteiger partial charge in [-0.2, -0.15) is 11.8 Å². The van der Waals surface area contributed by atoms with Crippen molar-refractivity contribution in [1.29, 1.82) is 0 Å². The molecule has 1 atom stereocenters. The predicted octanol–water partition coefficient (Wildman–Crippen LogP) is 2.48. The fraction of sp³-hybridized carbons (Fsp3) is 0.455. The van der Waals surface area contributed by atoms with E-state index < -0.39 is 10.0 Å². The molecule has 1 saturated heterocycles. The van der Waals surface area contributed by atoms with Crippen molar-refractivity contribution in [3.63, 3.8) is 0 Å². The number of benzene rings is 1. The zero-order chi connectivity index (χ0) is 12.3. The van der Waals surface area contributed by atoms with Crippen LogP contribution in [-0.4, -0.2) is 26.5 Å². The molecule has 17 heavy (non-hydrogen) atoms. The van der Waals surface area contributed by atoms with Crippen molar-refractivity contribution in [2.45, 2.75) is 11.3 Å². The molecule has 0 spiro atoms. The maximum absolute atomic E-state index is 12.0. The molecule has 1 aromatic rings. The Bertz CT molecular complexity index is 467. The summed E-state index contributed by atoms with van der Waals surface area (Å²) >= 11 is 5.18. The molecular weight excluding hydrogens is 322 g/mol. The standard InChI is InChI=1S/C11H14BrNO2S2/c12-10-1-3-11(4-2-10)17(14,15)13-7-9-5-6-16-8-9/h1-4,9,13H,5-8H2. The van der Waals surface area contributed by atoms with Crippen LogP contribution in [0.5, 0.6) is 0 Å². The highest BCUT2D eigenvalue weighted by Gasteiger charge is 2.19. The van der Waals surface area contributed by atoms with E-state index in [0.717, 1.165) is 22.4 Å². The van der Waals surface area contributed by atoms with Crippen LogP contribution in [-0.2, 0) is 10.0 Å². The van der Waals surface area contributed by atoms with E-state index >= 15 is 0 Å². The minimum Gasteiger partial charge on any atom is -0.211 e. The number of halogens is 1. The Kier molecular flexibility index (Phi) is 4.52. The van der Waals surface area contributed by atoms with E-state index in [0.29, 0.717) is 17.4 Å². The van der Waals surface area contributed by atoms with Crippen LogP contribution >= 0.6 is 27.7 Å². The third-order valence-corrected chi connectivity index (χ3v) is 5.91. The third kappa shape index (κ3) is 3.71. The van der Waals surface area contributed by atoms with E-state index in [2.05, 4.69) is 20.7 Å². The van der Waals surface area contributed by atoms with Gasteiger partial charge >= 0.3 is 0 Å².